The summed E-state index contributed by atoms with van der Waals surface area (Å²) in [7, 11) is 0. The Morgan fingerprint density at radius 1 is 1.14 bits per heavy atom. The molecule has 2 aromatic carbocycles. The second kappa shape index (κ2) is 10.4. The second-order valence-corrected chi connectivity index (χ2v) is 7.55. The van der Waals surface area contributed by atoms with Crippen molar-refractivity contribution in [1.82, 2.24) is 10.2 Å². The monoisotopic (exact) mass is 398 g/mol. The summed E-state index contributed by atoms with van der Waals surface area (Å²) in [5.74, 6) is 0.799. The molecular weight excluding hydrogens is 368 g/mol. The first-order valence-electron chi connectivity index (χ1n) is 10.2. The number of β-amino-alcohol motifs (C(OH)–C–C–N with tert-alkyl or cyclic N) is 1. The Kier molecular flexibility index (Phi) is 7.63. The zero-order valence-electron chi connectivity index (χ0n) is 16.7. The molecule has 0 radical (unpaired) electrons. The fraction of sp³-hybridized carbons (Fsp3) is 0.435. The smallest absolute Gasteiger partial charge is 0.223 e. The number of hydrogen-bond acceptors (Lipinski definition) is 5. The van der Waals surface area contributed by atoms with Crippen LogP contribution in [-0.2, 0) is 11.2 Å². The molecule has 156 valence electrons. The summed E-state index contributed by atoms with van der Waals surface area (Å²) in [6, 6.07) is 19.4. The number of benzene rings is 2. The number of carbonyl (C=O) groups excluding carboxylic acids is 1. The summed E-state index contributed by atoms with van der Waals surface area (Å²) in [6.45, 7) is 1.79. The van der Waals surface area contributed by atoms with Crippen LogP contribution in [0.1, 0.15) is 18.4 Å². The van der Waals surface area contributed by atoms with Gasteiger partial charge in [0.1, 0.15) is 18.0 Å². The number of aliphatic hydroxyl groups is 2. The molecule has 0 spiro atoms. The number of nitrogens with one attached hydrogen (secondary N) is 1. The van der Waals surface area contributed by atoms with E-state index in [1.807, 2.05) is 60.7 Å². The van der Waals surface area contributed by atoms with Crippen LogP contribution in [0.3, 0.4) is 0 Å². The molecule has 1 saturated heterocycles. The van der Waals surface area contributed by atoms with Crippen molar-refractivity contribution in [1.29, 1.82) is 0 Å². The molecule has 1 aliphatic rings. The molecule has 6 heteroatoms. The third-order valence-corrected chi connectivity index (χ3v) is 5.30. The van der Waals surface area contributed by atoms with Gasteiger partial charge < -0.3 is 25.2 Å². The van der Waals surface area contributed by atoms with Crippen molar-refractivity contribution in [3.8, 4) is 5.75 Å². The van der Waals surface area contributed by atoms with Gasteiger partial charge in [0.15, 0.2) is 0 Å². The highest BCUT2D eigenvalue weighted by Gasteiger charge is 2.42. The first-order chi connectivity index (χ1) is 14.1. The highest BCUT2D eigenvalue weighted by molar-refractivity contribution is 5.76. The van der Waals surface area contributed by atoms with Gasteiger partial charge in [0.25, 0.3) is 0 Å². The van der Waals surface area contributed by atoms with E-state index in [1.54, 1.807) is 4.90 Å². The predicted molar refractivity (Wildman–Crippen MR) is 112 cm³/mol. The number of amides is 1. The number of para-hydroxylation sites is 1. The van der Waals surface area contributed by atoms with Gasteiger partial charge in [0, 0.05) is 26.1 Å². The van der Waals surface area contributed by atoms with E-state index in [1.165, 1.54) is 0 Å². The first-order valence-corrected chi connectivity index (χ1v) is 10.2. The van der Waals surface area contributed by atoms with E-state index < -0.39 is 11.7 Å². The lowest BCUT2D eigenvalue weighted by molar-refractivity contribution is -0.150. The SMILES string of the molecule is O=C(CCc1ccccc1)N1CC[C@H](O)[C@@](O)(CNCCOc2ccccc2)C1. The van der Waals surface area contributed by atoms with E-state index in [2.05, 4.69) is 5.32 Å². The standard InChI is InChI=1S/C23H30N2O4/c26-21-13-15-25(22(27)12-11-19-7-3-1-4-8-19)18-23(21,28)17-24-14-16-29-20-9-5-2-6-10-20/h1-10,21,24,26,28H,11-18H2/t21-,23+/m0/s1. The quantitative estimate of drug-likeness (QED) is 0.559. The number of aliphatic hydroxyl groups excluding tert-OH is 1. The number of rotatable bonds is 9. The van der Waals surface area contributed by atoms with Crippen LogP contribution in [0.5, 0.6) is 5.75 Å². The molecule has 1 heterocycles. The molecule has 6 nitrogen and oxygen atoms in total. The number of hydrogen-bond donors (Lipinski definition) is 3. The lowest BCUT2D eigenvalue weighted by atomic mass is 9.89. The Bertz CT molecular complexity index is 756. The van der Waals surface area contributed by atoms with Crippen LogP contribution in [-0.4, -0.2) is 65.5 Å². The predicted octanol–water partition coefficient (Wildman–Crippen LogP) is 1.61. The third kappa shape index (κ3) is 6.29. The molecule has 29 heavy (non-hydrogen) atoms. The second-order valence-electron chi connectivity index (χ2n) is 7.55. The van der Waals surface area contributed by atoms with E-state index in [9.17, 15) is 15.0 Å². The molecule has 1 aliphatic heterocycles. The van der Waals surface area contributed by atoms with Crippen molar-refractivity contribution in [2.75, 3.05) is 32.8 Å². The average molecular weight is 399 g/mol. The van der Waals surface area contributed by atoms with E-state index in [0.717, 1.165) is 11.3 Å². The first kappa shape index (κ1) is 21.3. The van der Waals surface area contributed by atoms with E-state index in [0.29, 0.717) is 39.0 Å². The Labute approximate surface area is 172 Å². The molecular formula is C23H30N2O4. The Hall–Kier alpha value is -2.41. The van der Waals surface area contributed by atoms with Crippen molar-refractivity contribution in [2.45, 2.75) is 31.0 Å². The number of ether oxygens (including phenoxy) is 1. The van der Waals surface area contributed by atoms with Gasteiger partial charge in [0.2, 0.25) is 5.91 Å². The van der Waals surface area contributed by atoms with Crippen LogP contribution in [0.15, 0.2) is 60.7 Å². The van der Waals surface area contributed by atoms with Crippen molar-refractivity contribution in [3.63, 3.8) is 0 Å². The fourth-order valence-electron chi connectivity index (χ4n) is 3.57. The van der Waals surface area contributed by atoms with Crippen molar-refractivity contribution in [2.24, 2.45) is 0 Å². The maximum atomic E-state index is 12.6. The molecule has 2 atom stereocenters. The fourth-order valence-corrected chi connectivity index (χ4v) is 3.57. The van der Waals surface area contributed by atoms with Gasteiger partial charge in [-0.25, -0.2) is 0 Å². The number of aryl methyl sites for hydroxylation is 1. The highest BCUT2D eigenvalue weighted by atomic mass is 16.5. The zero-order chi connectivity index (χ0) is 20.5. The molecule has 0 bridgehead atoms. The lowest BCUT2D eigenvalue weighted by Crippen LogP contribution is -2.62. The van der Waals surface area contributed by atoms with Crippen LogP contribution in [0.25, 0.3) is 0 Å². The molecule has 2 aromatic rings. The van der Waals surface area contributed by atoms with Gasteiger partial charge in [-0.15, -0.1) is 0 Å². The van der Waals surface area contributed by atoms with Crippen LogP contribution in [0.4, 0.5) is 0 Å². The minimum Gasteiger partial charge on any atom is -0.492 e. The van der Waals surface area contributed by atoms with Crippen LogP contribution in [0.2, 0.25) is 0 Å². The number of carbonyl (C=O) groups is 1. The molecule has 1 amide bonds. The summed E-state index contributed by atoms with van der Waals surface area (Å²) < 4.78 is 5.62. The van der Waals surface area contributed by atoms with Crippen molar-refractivity contribution in [3.05, 3.63) is 66.2 Å². The molecule has 0 saturated carbocycles. The van der Waals surface area contributed by atoms with Gasteiger partial charge in [-0.2, -0.15) is 0 Å². The normalized spacial score (nSPS) is 21.7. The summed E-state index contributed by atoms with van der Waals surface area (Å²) >= 11 is 0. The van der Waals surface area contributed by atoms with E-state index >= 15 is 0 Å². The van der Waals surface area contributed by atoms with Gasteiger partial charge in [-0.3, -0.25) is 4.79 Å². The topological polar surface area (TPSA) is 82.0 Å². The minimum absolute atomic E-state index is 0.00610. The third-order valence-electron chi connectivity index (χ3n) is 5.30. The summed E-state index contributed by atoms with van der Waals surface area (Å²) in [4.78, 5) is 14.3. The van der Waals surface area contributed by atoms with Crippen LogP contribution >= 0.6 is 0 Å². The lowest BCUT2D eigenvalue weighted by Gasteiger charge is -2.43. The summed E-state index contributed by atoms with van der Waals surface area (Å²) in [5.41, 5.74) is -0.235. The average Bonchev–Trinajstić information content (AvgIpc) is 2.75. The molecule has 0 aliphatic carbocycles. The Balaban J connectivity index is 1.43. The van der Waals surface area contributed by atoms with E-state index in [-0.39, 0.29) is 19.0 Å². The zero-order valence-corrected chi connectivity index (χ0v) is 16.7. The Morgan fingerprint density at radius 3 is 2.55 bits per heavy atom. The van der Waals surface area contributed by atoms with Gasteiger partial charge in [-0.05, 0) is 30.5 Å². The van der Waals surface area contributed by atoms with Crippen molar-refractivity contribution >= 4 is 5.91 Å². The van der Waals surface area contributed by atoms with Gasteiger partial charge in [0.05, 0.1) is 12.6 Å². The maximum Gasteiger partial charge on any atom is 0.223 e. The van der Waals surface area contributed by atoms with Crippen molar-refractivity contribution < 1.29 is 19.7 Å². The molecule has 0 aromatic heterocycles. The van der Waals surface area contributed by atoms with Crippen LogP contribution in [0, 0.1) is 0 Å². The molecule has 0 unspecified atom stereocenters. The highest BCUT2D eigenvalue weighted by Crippen LogP contribution is 2.22. The number of nitrogens with zero attached hydrogens (tertiary/aromatic N) is 1. The molecule has 3 N–H and O–H groups in total. The van der Waals surface area contributed by atoms with E-state index in [4.69, 9.17) is 4.74 Å². The summed E-state index contributed by atoms with van der Waals surface area (Å²) in [6.07, 6.45) is 0.583. The molecule has 1 fully saturated rings. The largest absolute Gasteiger partial charge is 0.492 e. The molecule has 3 rings (SSSR count). The maximum absolute atomic E-state index is 12.6. The van der Waals surface area contributed by atoms with Gasteiger partial charge in [-0.1, -0.05) is 48.5 Å². The van der Waals surface area contributed by atoms with Gasteiger partial charge >= 0.3 is 0 Å². The summed E-state index contributed by atoms with van der Waals surface area (Å²) in [5, 5.41) is 24.4. The Morgan fingerprint density at radius 2 is 1.83 bits per heavy atom. The van der Waals surface area contributed by atoms with Crippen LogP contribution < -0.4 is 10.1 Å². The number of piperidine rings is 1. The minimum atomic E-state index is -1.35. The number of likely N-dealkylation sites (tertiary alicyclic amines) is 1.